The van der Waals surface area contributed by atoms with Crippen LogP contribution in [0.25, 0.3) is 5.69 Å². The summed E-state index contributed by atoms with van der Waals surface area (Å²) in [6, 6.07) is 5.77. The summed E-state index contributed by atoms with van der Waals surface area (Å²) in [7, 11) is 0. The average Bonchev–Trinajstić information content (AvgIpc) is 2.57. The minimum absolute atomic E-state index is 0.163. The molecule has 0 aliphatic heterocycles. The van der Waals surface area contributed by atoms with Crippen LogP contribution in [0, 0.1) is 6.92 Å². The van der Waals surface area contributed by atoms with Gasteiger partial charge in [-0.15, -0.1) is 0 Å². The molecule has 3 N–H and O–H groups in total. The SMILES string of the molecule is Cc1c(NC2CCC(N)CC2)ncn(-c2cccc(Cl)c2Cl)c1=O. The molecule has 0 unspecified atom stereocenters. The van der Waals surface area contributed by atoms with Gasteiger partial charge in [-0.05, 0) is 44.7 Å². The van der Waals surface area contributed by atoms with Crippen molar-refractivity contribution in [1.82, 2.24) is 9.55 Å². The molecule has 1 fully saturated rings. The summed E-state index contributed by atoms with van der Waals surface area (Å²) < 4.78 is 1.42. The third-order valence-corrected chi connectivity index (χ3v) is 5.31. The second kappa shape index (κ2) is 7.13. The van der Waals surface area contributed by atoms with Crippen LogP contribution in [0.3, 0.4) is 0 Å². The lowest BCUT2D eigenvalue weighted by Crippen LogP contribution is -2.34. The Morgan fingerprint density at radius 1 is 1.25 bits per heavy atom. The molecule has 24 heavy (non-hydrogen) atoms. The average molecular weight is 367 g/mol. The molecule has 1 aromatic carbocycles. The van der Waals surface area contributed by atoms with Crippen molar-refractivity contribution in [2.24, 2.45) is 5.73 Å². The van der Waals surface area contributed by atoms with Gasteiger partial charge < -0.3 is 11.1 Å². The standard InChI is InChI=1S/C17H20Cl2N4O/c1-10-16(22-12-7-5-11(20)6-8-12)21-9-23(17(10)24)14-4-2-3-13(18)15(14)19/h2-4,9,11-12,22H,5-8,20H2,1H3. The number of nitrogens with zero attached hydrogens (tertiary/aromatic N) is 2. The molecule has 0 radical (unpaired) electrons. The largest absolute Gasteiger partial charge is 0.367 e. The van der Waals surface area contributed by atoms with E-state index in [1.165, 1.54) is 10.9 Å². The molecular weight excluding hydrogens is 347 g/mol. The normalized spacial score (nSPS) is 20.8. The monoisotopic (exact) mass is 366 g/mol. The number of hydrogen-bond acceptors (Lipinski definition) is 4. The highest BCUT2D eigenvalue weighted by atomic mass is 35.5. The van der Waals surface area contributed by atoms with E-state index in [2.05, 4.69) is 10.3 Å². The Balaban J connectivity index is 1.89. The van der Waals surface area contributed by atoms with E-state index in [-0.39, 0.29) is 11.6 Å². The molecule has 3 rings (SSSR count). The van der Waals surface area contributed by atoms with E-state index in [0.717, 1.165) is 25.7 Å². The van der Waals surface area contributed by atoms with Crippen molar-refractivity contribution in [1.29, 1.82) is 0 Å². The Kier molecular flexibility index (Phi) is 5.13. The molecule has 1 aromatic heterocycles. The summed E-state index contributed by atoms with van der Waals surface area (Å²) in [6.45, 7) is 1.77. The van der Waals surface area contributed by atoms with Crippen LogP contribution >= 0.6 is 23.2 Å². The van der Waals surface area contributed by atoms with Crippen LogP contribution < -0.4 is 16.6 Å². The number of anilines is 1. The summed E-state index contributed by atoms with van der Waals surface area (Å²) in [5, 5.41) is 4.12. The number of nitrogens with two attached hydrogens (primary N) is 1. The molecule has 7 heteroatoms. The van der Waals surface area contributed by atoms with Gasteiger partial charge in [-0.25, -0.2) is 4.98 Å². The van der Waals surface area contributed by atoms with Crippen molar-refractivity contribution < 1.29 is 0 Å². The molecule has 1 aliphatic rings. The summed E-state index contributed by atoms with van der Waals surface area (Å²) in [4.78, 5) is 17.1. The van der Waals surface area contributed by atoms with E-state index in [9.17, 15) is 4.79 Å². The van der Waals surface area contributed by atoms with E-state index < -0.39 is 0 Å². The Bertz CT molecular complexity index is 798. The summed E-state index contributed by atoms with van der Waals surface area (Å²) >= 11 is 12.3. The lowest BCUT2D eigenvalue weighted by Gasteiger charge is -2.27. The second-order valence-corrected chi connectivity index (χ2v) is 7.01. The van der Waals surface area contributed by atoms with Crippen LogP contribution in [0.5, 0.6) is 0 Å². The number of nitrogens with one attached hydrogen (secondary N) is 1. The minimum Gasteiger partial charge on any atom is -0.367 e. The predicted molar refractivity (Wildman–Crippen MR) is 98.4 cm³/mol. The Labute approximate surface area is 150 Å². The first kappa shape index (κ1) is 17.3. The third-order valence-electron chi connectivity index (χ3n) is 4.50. The van der Waals surface area contributed by atoms with Crippen molar-refractivity contribution in [3.05, 3.63) is 50.5 Å². The maximum Gasteiger partial charge on any atom is 0.262 e. The molecule has 0 amide bonds. The van der Waals surface area contributed by atoms with Crippen LogP contribution in [0.15, 0.2) is 29.3 Å². The van der Waals surface area contributed by atoms with Crippen molar-refractivity contribution >= 4 is 29.0 Å². The van der Waals surface area contributed by atoms with Gasteiger partial charge in [0.2, 0.25) is 0 Å². The van der Waals surface area contributed by atoms with Crippen LogP contribution in [0.2, 0.25) is 10.0 Å². The second-order valence-electron chi connectivity index (χ2n) is 6.22. The molecule has 1 aliphatic carbocycles. The molecule has 1 heterocycles. The van der Waals surface area contributed by atoms with Gasteiger partial charge in [-0.1, -0.05) is 29.3 Å². The summed E-state index contributed by atoms with van der Waals surface area (Å²) in [5.41, 5.74) is 6.86. The molecule has 2 aromatic rings. The number of aromatic nitrogens is 2. The van der Waals surface area contributed by atoms with Crippen molar-refractivity contribution in [2.75, 3.05) is 5.32 Å². The van der Waals surface area contributed by atoms with Gasteiger partial charge in [0, 0.05) is 12.1 Å². The van der Waals surface area contributed by atoms with Gasteiger partial charge >= 0.3 is 0 Å². The van der Waals surface area contributed by atoms with Crippen molar-refractivity contribution in [2.45, 2.75) is 44.7 Å². The van der Waals surface area contributed by atoms with Gasteiger partial charge in [0.1, 0.15) is 12.1 Å². The highest BCUT2D eigenvalue weighted by Crippen LogP contribution is 2.28. The minimum atomic E-state index is -0.163. The number of halogens is 2. The molecule has 0 spiro atoms. The maximum absolute atomic E-state index is 12.7. The van der Waals surface area contributed by atoms with Crippen molar-refractivity contribution in [3.8, 4) is 5.69 Å². The molecule has 0 atom stereocenters. The number of benzene rings is 1. The fourth-order valence-electron chi connectivity index (χ4n) is 3.00. The first-order valence-corrected chi connectivity index (χ1v) is 8.77. The van der Waals surface area contributed by atoms with E-state index in [4.69, 9.17) is 28.9 Å². The van der Waals surface area contributed by atoms with Crippen LogP contribution in [-0.4, -0.2) is 21.6 Å². The molecule has 0 saturated heterocycles. The quantitative estimate of drug-likeness (QED) is 0.871. The Hall–Kier alpha value is -1.56. The molecule has 128 valence electrons. The van der Waals surface area contributed by atoms with E-state index >= 15 is 0 Å². The van der Waals surface area contributed by atoms with Crippen molar-refractivity contribution in [3.63, 3.8) is 0 Å². The Morgan fingerprint density at radius 2 is 1.96 bits per heavy atom. The zero-order valence-corrected chi connectivity index (χ0v) is 14.9. The van der Waals surface area contributed by atoms with Gasteiger partial charge in [0.15, 0.2) is 0 Å². The Morgan fingerprint density at radius 3 is 2.67 bits per heavy atom. The smallest absolute Gasteiger partial charge is 0.262 e. The van der Waals surface area contributed by atoms with Crippen LogP contribution in [0.1, 0.15) is 31.2 Å². The highest BCUT2D eigenvalue weighted by Gasteiger charge is 2.20. The zero-order chi connectivity index (χ0) is 17.3. The summed E-state index contributed by atoms with van der Waals surface area (Å²) in [6.07, 6.45) is 5.46. The van der Waals surface area contributed by atoms with E-state index in [1.54, 1.807) is 25.1 Å². The van der Waals surface area contributed by atoms with Gasteiger partial charge in [0.25, 0.3) is 5.56 Å². The van der Waals surface area contributed by atoms with Crippen LogP contribution in [-0.2, 0) is 0 Å². The predicted octanol–water partition coefficient (Wildman–Crippen LogP) is 3.53. The molecule has 1 saturated carbocycles. The first-order chi connectivity index (χ1) is 11.5. The molecular formula is C17H20Cl2N4O. The number of hydrogen-bond donors (Lipinski definition) is 2. The highest BCUT2D eigenvalue weighted by molar-refractivity contribution is 6.43. The number of rotatable bonds is 3. The first-order valence-electron chi connectivity index (χ1n) is 8.02. The lowest BCUT2D eigenvalue weighted by atomic mass is 9.92. The van der Waals surface area contributed by atoms with E-state index in [1.807, 2.05) is 0 Å². The fourth-order valence-corrected chi connectivity index (χ4v) is 3.39. The molecule has 5 nitrogen and oxygen atoms in total. The fraction of sp³-hybridized carbons (Fsp3) is 0.412. The van der Waals surface area contributed by atoms with Gasteiger partial charge in [0.05, 0.1) is 21.3 Å². The van der Waals surface area contributed by atoms with Gasteiger partial charge in [-0.3, -0.25) is 9.36 Å². The lowest BCUT2D eigenvalue weighted by molar-refractivity contribution is 0.410. The van der Waals surface area contributed by atoms with Gasteiger partial charge in [-0.2, -0.15) is 0 Å². The molecule has 0 bridgehead atoms. The summed E-state index contributed by atoms with van der Waals surface area (Å²) in [5.74, 6) is 0.620. The third kappa shape index (κ3) is 3.43. The zero-order valence-electron chi connectivity index (χ0n) is 13.4. The topological polar surface area (TPSA) is 72.9 Å². The maximum atomic E-state index is 12.7. The van der Waals surface area contributed by atoms with Crippen LogP contribution in [0.4, 0.5) is 5.82 Å². The van der Waals surface area contributed by atoms with E-state index in [0.29, 0.717) is 33.2 Å².